The Morgan fingerprint density at radius 1 is 1.00 bits per heavy atom. The van der Waals surface area contributed by atoms with Crippen molar-refractivity contribution in [2.45, 2.75) is 32.4 Å². The lowest BCUT2D eigenvalue weighted by Gasteiger charge is -2.17. The van der Waals surface area contributed by atoms with Gasteiger partial charge in [-0.15, -0.1) is 5.10 Å². The molecule has 1 atom stereocenters. The van der Waals surface area contributed by atoms with Gasteiger partial charge >= 0.3 is 0 Å². The third-order valence-corrected chi connectivity index (χ3v) is 5.93. The average Bonchev–Trinajstić information content (AvgIpc) is 3.41. The van der Waals surface area contributed by atoms with Gasteiger partial charge in [-0.1, -0.05) is 41.6 Å². The number of halogens is 1. The van der Waals surface area contributed by atoms with Crippen LogP contribution >= 0.6 is 0 Å². The zero-order chi connectivity index (χ0) is 27.8. The highest BCUT2D eigenvalue weighted by Gasteiger charge is 2.19. The van der Waals surface area contributed by atoms with E-state index in [0.29, 0.717) is 23.4 Å². The lowest BCUT2D eigenvalue weighted by molar-refractivity contribution is -0.130. The van der Waals surface area contributed by atoms with Crippen molar-refractivity contribution in [1.29, 1.82) is 0 Å². The van der Waals surface area contributed by atoms with Gasteiger partial charge in [-0.05, 0) is 59.5 Å². The van der Waals surface area contributed by atoms with Gasteiger partial charge in [0.1, 0.15) is 11.5 Å². The number of benzene rings is 3. The number of hydroxylamine groups is 1. The Balaban J connectivity index is 1.49. The number of amides is 3. The predicted octanol–water partition coefficient (Wildman–Crippen LogP) is 3.65. The number of carbonyl (C=O) groups is 3. The fourth-order valence-electron chi connectivity index (χ4n) is 4.10. The zero-order valence-electron chi connectivity index (χ0n) is 21.1. The molecule has 3 aromatic carbocycles. The van der Waals surface area contributed by atoms with Crippen LogP contribution in [0.3, 0.4) is 0 Å². The molecule has 10 nitrogen and oxygen atoms in total. The smallest absolute Gasteiger partial charge is 0.251 e. The molecule has 4 rings (SSSR count). The number of nitrogens with zero attached hydrogens (tertiary/aromatic N) is 3. The van der Waals surface area contributed by atoms with Crippen molar-refractivity contribution in [3.05, 3.63) is 102 Å². The fraction of sp³-hybridized carbons (Fsp3) is 0.179. The first-order valence-corrected chi connectivity index (χ1v) is 12.1. The van der Waals surface area contributed by atoms with E-state index in [1.807, 2.05) is 48.5 Å². The minimum atomic E-state index is -0.583. The summed E-state index contributed by atoms with van der Waals surface area (Å²) >= 11 is 0. The first kappa shape index (κ1) is 27.1. The summed E-state index contributed by atoms with van der Waals surface area (Å²) < 4.78 is 14.6. The van der Waals surface area contributed by atoms with Gasteiger partial charge in [0.25, 0.3) is 5.91 Å². The molecule has 0 saturated heterocycles. The van der Waals surface area contributed by atoms with E-state index < -0.39 is 17.8 Å². The number of carbonyl (C=O) groups excluding carboxylic acids is 3. The summed E-state index contributed by atoms with van der Waals surface area (Å²) in [6.45, 7) is 1.53. The van der Waals surface area contributed by atoms with E-state index >= 15 is 0 Å². The molecule has 1 aromatic heterocycles. The maximum Gasteiger partial charge on any atom is 0.251 e. The second-order valence-electron chi connectivity index (χ2n) is 8.94. The number of nitrogens with one attached hydrogen (secondary N) is 3. The second-order valence-corrected chi connectivity index (χ2v) is 8.94. The van der Waals surface area contributed by atoms with E-state index in [-0.39, 0.29) is 24.8 Å². The lowest BCUT2D eigenvalue weighted by Crippen LogP contribution is -2.25. The van der Waals surface area contributed by atoms with Gasteiger partial charge in [0.05, 0.1) is 25.2 Å². The average molecular weight is 531 g/mol. The van der Waals surface area contributed by atoms with Gasteiger partial charge in [0, 0.05) is 18.2 Å². The first-order chi connectivity index (χ1) is 18.8. The molecular formula is C28H27FN6O4. The first-order valence-electron chi connectivity index (χ1n) is 12.1. The van der Waals surface area contributed by atoms with E-state index in [1.165, 1.54) is 35.9 Å². The summed E-state index contributed by atoms with van der Waals surface area (Å²) in [4.78, 5) is 35.8. The van der Waals surface area contributed by atoms with Crippen LogP contribution in [-0.4, -0.2) is 37.9 Å². The molecule has 4 aromatic rings. The molecule has 1 heterocycles. The van der Waals surface area contributed by atoms with Crippen LogP contribution in [0, 0.1) is 5.82 Å². The van der Waals surface area contributed by atoms with Gasteiger partial charge in [0.2, 0.25) is 11.8 Å². The van der Waals surface area contributed by atoms with E-state index in [9.17, 15) is 18.8 Å². The number of hydrogen-bond acceptors (Lipinski definition) is 6. The fourth-order valence-corrected chi connectivity index (χ4v) is 4.10. The van der Waals surface area contributed by atoms with E-state index in [2.05, 4.69) is 20.9 Å². The van der Waals surface area contributed by atoms with Crippen LogP contribution in [0.15, 0.2) is 79.0 Å². The summed E-state index contributed by atoms with van der Waals surface area (Å²) in [5.74, 6) is -1.56. The molecule has 4 N–H and O–H groups in total. The molecule has 11 heteroatoms. The van der Waals surface area contributed by atoms with Crippen molar-refractivity contribution < 1.29 is 24.0 Å². The Kier molecular flexibility index (Phi) is 8.75. The number of rotatable bonds is 10. The number of hydrogen-bond donors (Lipinski definition) is 4. The molecule has 0 saturated carbocycles. The molecule has 0 fully saturated rings. The molecule has 0 aliphatic carbocycles. The minimum absolute atomic E-state index is 0.0660. The van der Waals surface area contributed by atoms with Crippen LogP contribution in [0.25, 0.3) is 11.1 Å². The van der Waals surface area contributed by atoms with Crippen molar-refractivity contribution in [2.24, 2.45) is 0 Å². The van der Waals surface area contributed by atoms with Gasteiger partial charge < -0.3 is 10.6 Å². The summed E-state index contributed by atoms with van der Waals surface area (Å²) in [7, 11) is 0. The Labute approximate surface area is 223 Å². The zero-order valence-corrected chi connectivity index (χ0v) is 21.1. The third-order valence-electron chi connectivity index (χ3n) is 5.93. The van der Waals surface area contributed by atoms with Gasteiger partial charge in [-0.25, -0.2) is 14.6 Å². The molecule has 0 spiro atoms. The standard InChI is InChI=1S/C28H27FN6O4/c1-18(36)31-24-7-3-6-22(14-24)21-5-2-4-19(12-21)13-26(15-27(37)33-39)35-17-25(32-34-35)16-30-28(38)20-8-10-23(29)11-9-20/h2-12,14,17,26,39H,13,15-16H2,1H3,(H,30,38)(H,31,36)(H,33,37)/t26-/m1/s1. The van der Waals surface area contributed by atoms with Crippen molar-refractivity contribution in [3.8, 4) is 11.1 Å². The molecule has 0 aliphatic heterocycles. The van der Waals surface area contributed by atoms with Crippen LogP contribution in [0.4, 0.5) is 10.1 Å². The van der Waals surface area contributed by atoms with Crippen LogP contribution in [-0.2, 0) is 22.6 Å². The third kappa shape index (κ3) is 7.55. The van der Waals surface area contributed by atoms with E-state index in [0.717, 1.165) is 16.7 Å². The Hall–Kier alpha value is -4.90. The van der Waals surface area contributed by atoms with E-state index in [1.54, 1.807) is 11.7 Å². The Morgan fingerprint density at radius 3 is 2.44 bits per heavy atom. The van der Waals surface area contributed by atoms with Gasteiger partial charge in [0.15, 0.2) is 0 Å². The molecule has 0 unspecified atom stereocenters. The maximum absolute atomic E-state index is 13.1. The number of aromatic nitrogens is 3. The highest BCUT2D eigenvalue weighted by Crippen LogP contribution is 2.26. The van der Waals surface area contributed by atoms with Crippen molar-refractivity contribution in [3.63, 3.8) is 0 Å². The minimum Gasteiger partial charge on any atom is -0.346 e. The SMILES string of the molecule is CC(=O)Nc1cccc(-c2cccc(C[C@H](CC(=O)NO)n3cc(CNC(=O)c4ccc(F)cc4)nn3)c2)c1. The summed E-state index contributed by atoms with van der Waals surface area (Å²) in [5.41, 5.74) is 5.86. The molecule has 39 heavy (non-hydrogen) atoms. The molecule has 0 aliphatic rings. The lowest BCUT2D eigenvalue weighted by atomic mass is 9.98. The normalized spacial score (nSPS) is 11.5. The highest BCUT2D eigenvalue weighted by atomic mass is 19.1. The maximum atomic E-state index is 13.1. The Bertz CT molecular complexity index is 1470. The topological polar surface area (TPSA) is 138 Å². The molecule has 0 radical (unpaired) electrons. The quantitative estimate of drug-likeness (QED) is 0.182. The summed E-state index contributed by atoms with van der Waals surface area (Å²) in [5, 5.41) is 22.8. The second kappa shape index (κ2) is 12.6. The highest BCUT2D eigenvalue weighted by molar-refractivity contribution is 5.94. The van der Waals surface area contributed by atoms with Crippen molar-refractivity contribution in [1.82, 2.24) is 25.8 Å². The Morgan fingerprint density at radius 2 is 1.72 bits per heavy atom. The van der Waals surface area contributed by atoms with Gasteiger partial charge in [-0.2, -0.15) is 0 Å². The molecule has 3 amide bonds. The summed E-state index contributed by atoms with van der Waals surface area (Å²) in [6.07, 6.45) is 1.96. The molecule has 0 bridgehead atoms. The van der Waals surface area contributed by atoms with Crippen LogP contribution in [0.2, 0.25) is 0 Å². The monoisotopic (exact) mass is 530 g/mol. The largest absolute Gasteiger partial charge is 0.346 e. The molecular weight excluding hydrogens is 503 g/mol. The predicted molar refractivity (Wildman–Crippen MR) is 141 cm³/mol. The van der Waals surface area contributed by atoms with Crippen molar-refractivity contribution in [2.75, 3.05) is 5.32 Å². The molecule has 200 valence electrons. The summed E-state index contributed by atoms with van der Waals surface area (Å²) in [6, 6.07) is 19.9. The van der Waals surface area contributed by atoms with Crippen molar-refractivity contribution >= 4 is 23.4 Å². The van der Waals surface area contributed by atoms with Crippen LogP contribution in [0.1, 0.15) is 41.0 Å². The number of anilines is 1. The van der Waals surface area contributed by atoms with E-state index in [4.69, 9.17) is 5.21 Å². The van der Waals surface area contributed by atoms with Crippen LogP contribution in [0.5, 0.6) is 0 Å². The van der Waals surface area contributed by atoms with Gasteiger partial charge in [-0.3, -0.25) is 19.6 Å². The van der Waals surface area contributed by atoms with Crippen LogP contribution < -0.4 is 16.1 Å².